The third kappa shape index (κ3) is 14.1. The van der Waals surface area contributed by atoms with Gasteiger partial charge in [0.2, 0.25) is 5.91 Å². The highest BCUT2D eigenvalue weighted by Gasteiger charge is 2.27. The zero-order chi connectivity index (χ0) is 20.2. The smallest absolute Gasteiger partial charge is 0.351 e. The minimum Gasteiger partial charge on any atom is -0.351 e. The molecule has 0 aromatic carbocycles. The Hall–Kier alpha value is -1.06. The summed E-state index contributed by atoms with van der Waals surface area (Å²) in [6.45, 7) is 5.99. The van der Waals surface area contributed by atoms with Crippen LogP contribution in [0.2, 0.25) is 0 Å². The number of hydrogen-bond acceptors (Lipinski definition) is 6. The van der Waals surface area contributed by atoms with Gasteiger partial charge in [0.1, 0.15) is 5.85 Å². The van der Waals surface area contributed by atoms with Gasteiger partial charge in [0.05, 0.1) is 0 Å². The number of phosphoric ester groups is 1. The lowest BCUT2D eigenvalue weighted by Crippen LogP contribution is -2.40. The SMILES string of the molecule is C=C(C)C(=O)NCCNC(=O)NCCCCCC(OP(=O)(O)O)P(O)O. The molecule has 152 valence electrons. The highest BCUT2D eigenvalue weighted by molar-refractivity contribution is 7.49. The Morgan fingerprint density at radius 1 is 1.08 bits per heavy atom. The molecule has 3 amide bonds. The molecule has 7 N–H and O–H groups in total. The third-order valence-corrected chi connectivity index (χ3v) is 4.59. The van der Waals surface area contributed by atoms with E-state index in [9.17, 15) is 14.2 Å². The molecule has 0 rings (SSSR count). The molecule has 0 bridgehead atoms. The van der Waals surface area contributed by atoms with Crippen molar-refractivity contribution in [2.45, 2.75) is 38.5 Å². The molecule has 0 heterocycles. The van der Waals surface area contributed by atoms with Gasteiger partial charge in [-0.05, 0) is 19.8 Å². The first-order valence-electron chi connectivity index (χ1n) is 7.89. The molecule has 11 nitrogen and oxygen atoms in total. The van der Waals surface area contributed by atoms with Gasteiger partial charge in [-0.25, -0.2) is 9.36 Å². The number of nitrogens with one attached hydrogen (secondary N) is 3. The number of hydrogen-bond donors (Lipinski definition) is 7. The first-order chi connectivity index (χ1) is 12.0. The second kappa shape index (κ2) is 13.2. The van der Waals surface area contributed by atoms with Crippen molar-refractivity contribution in [3.8, 4) is 0 Å². The molecular formula is C13H27N3O8P2. The van der Waals surface area contributed by atoms with Crippen LogP contribution in [0.5, 0.6) is 0 Å². The maximum absolute atomic E-state index is 11.5. The molecular weight excluding hydrogens is 388 g/mol. The molecule has 1 unspecified atom stereocenters. The van der Waals surface area contributed by atoms with Crippen molar-refractivity contribution < 1.29 is 38.3 Å². The molecule has 0 saturated carbocycles. The summed E-state index contributed by atoms with van der Waals surface area (Å²) in [5.41, 5.74) is 0.387. The summed E-state index contributed by atoms with van der Waals surface area (Å²) in [4.78, 5) is 58.2. The lowest BCUT2D eigenvalue weighted by atomic mass is 10.2. The summed E-state index contributed by atoms with van der Waals surface area (Å²) in [6.07, 6.45) is 1.72. The van der Waals surface area contributed by atoms with Crippen LogP contribution in [0, 0.1) is 0 Å². The molecule has 0 aliphatic carbocycles. The van der Waals surface area contributed by atoms with Crippen molar-refractivity contribution in [1.82, 2.24) is 16.0 Å². The van der Waals surface area contributed by atoms with E-state index in [1.807, 2.05) is 0 Å². The van der Waals surface area contributed by atoms with Crippen molar-refractivity contribution in [2.75, 3.05) is 19.6 Å². The van der Waals surface area contributed by atoms with E-state index in [4.69, 9.17) is 19.6 Å². The van der Waals surface area contributed by atoms with E-state index in [1.165, 1.54) is 0 Å². The average molecular weight is 415 g/mol. The van der Waals surface area contributed by atoms with Gasteiger partial charge in [0, 0.05) is 25.2 Å². The molecule has 0 radical (unpaired) electrons. The van der Waals surface area contributed by atoms with Gasteiger partial charge in [-0.15, -0.1) is 0 Å². The van der Waals surface area contributed by atoms with Gasteiger partial charge in [-0.1, -0.05) is 19.4 Å². The molecule has 0 saturated heterocycles. The molecule has 0 spiro atoms. The zero-order valence-electron chi connectivity index (χ0n) is 14.6. The molecule has 13 heteroatoms. The monoisotopic (exact) mass is 415 g/mol. The van der Waals surface area contributed by atoms with Gasteiger partial charge in [-0.2, -0.15) is 0 Å². The summed E-state index contributed by atoms with van der Waals surface area (Å²) in [5.74, 6) is -1.58. The molecule has 0 aliphatic rings. The summed E-state index contributed by atoms with van der Waals surface area (Å²) in [7, 11) is -7.39. The Morgan fingerprint density at radius 3 is 2.19 bits per heavy atom. The molecule has 1 atom stereocenters. The van der Waals surface area contributed by atoms with Gasteiger partial charge in [-0.3, -0.25) is 9.32 Å². The third-order valence-electron chi connectivity index (χ3n) is 3.01. The maximum Gasteiger partial charge on any atom is 0.470 e. The number of urea groups is 1. The van der Waals surface area contributed by atoms with E-state index < -0.39 is 22.0 Å². The summed E-state index contributed by atoms with van der Waals surface area (Å²) in [6, 6.07) is -0.383. The fourth-order valence-electron chi connectivity index (χ4n) is 1.76. The van der Waals surface area contributed by atoms with Crippen LogP contribution in [0.1, 0.15) is 32.6 Å². The summed E-state index contributed by atoms with van der Waals surface area (Å²) < 4.78 is 15.0. The molecule has 0 aromatic rings. The normalized spacial score (nSPS) is 12.5. The minimum absolute atomic E-state index is 0.0818. The largest absolute Gasteiger partial charge is 0.470 e. The molecule has 0 fully saturated rings. The van der Waals surface area contributed by atoms with E-state index in [2.05, 4.69) is 27.1 Å². The van der Waals surface area contributed by atoms with E-state index in [0.717, 1.165) is 0 Å². The average Bonchev–Trinajstić information content (AvgIpc) is 2.51. The van der Waals surface area contributed by atoms with Crippen molar-refractivity contribution in [3.63, 3.8) is 0 Å². The number of unbranched alkanes of at least 4 members (excludes halogenated alkanes) is 2. The quantitative estimate of drug-likeness (QED) is 0.127. The minimum atomic E-state index is -4.78. The highest BCUT2D eigenvalue weighted by atomic mass is 31.2. The van der Waals surface area contributed by atoms with Crippen LogP contribution in [-0.2, 0) is 13.9 Å². The van der Waals surface area contributed by atoms with E-state index in [1.54, 1.807) is 6.92 Å². The first-order valence-corrected chi connectivity index (χ1v) is 10.7. The predicted octanol–water partition coefficient (Wildman–Crippen LogP) is 0.270. The Kier molecular flexibility index (Phi) is 12.6. The van der Waals surface area contributed by atoms with Crippen molar-refractivity contribution >= 4 is 28.1 Å². The Balaban J connectivity index is 3.73. The van der Waals surface area contributed by atoms with Crippen LogP contribution in [0.25, 0.3) is 0 Å². The molecule has 26 heavy (non-hydrogen) atoms. The van der Waals surface area contributed by atoms with E-state index in [-0.39, 0.29) is 31.4 Å². The van der Waals surface area contributed by atoms with Gasteiger partial charge in [0.25, 0.3) is 0 Å². The number of amides is 3. The number of carbonyl (C=O) groups is 2. The van der Waals surface area contributed by atoms with Crippen LogP contribution < -0.4 is 16.0 Å². The Morgan fingerprint density at radius 2 is 1.65 bits per heavy atom. The lowest BCUT2D eigenvalue weighted by molar-refractivity contribution is -0.117. The highest BCUT2D eigenvalue weighted by Crippen LogP contribution is 2.47. The second-order valence-electron chi connectivity index (χ2n) is 5.44. The van der Waals surface area contributed by atoms with Crippen LogP contribution >= 0.6 is 16.2 Å². The van der Waals surface area contributed by atoms with Gasteiger partial charge in [0.15, 0.2) is 8.38 Å². The lowest BCUT2D eigenvalue weighted by Gasteiger charge is -2.18. The van der Waals surface area contributed by atoms with Crippen LogP contribution in [0.4, 0.5) is 4.79 Å². The zero-order valence-corrected chi connectivity index (χ0v) is 16.3. The van der Waals surface area contributed by atoms with Crippen LogP contribution in [0.15, 0.2) is 12.2 Å². The Labute approximate surface area is 153 Å². The second-order valence-corrected chi connectivity index (χ2v) is 7.85. The van der Waals surface area contributed by atoms with E-state index >= 15 is 0 Å². The number of phosphoric acid groups is 1. The van der Waals surface area contributed by atoms with E-state index in [0.29, 0.717) is 31.4 Å². The van der Waals surface area contributed by atoms with Crippen molar-refractivity contribution in [3.05, 3.63) is 12.2 Å². The molecule has 0 aliphatic heterocycles. The van der Waals surface area contributed by atoms with Crippen LogP contribution in [-0.4, -0.2) is 57.0 Å². The summed E-state index contributed by atoms with van der Waals surface area (Å²) in [5, 5.41) is 7.74. The Bertz CT molecular complexity index is 512. The van der Waals surface area contributed by atoms with Gasteiger partial charge >= 0.3 is 13.9 Å². The van der Waals surface area contributed by atoms with Crippen LogP contribution in [0.3, 0.4) is 0 Å². The maximum atomic E-state index is 11.5. The fraction of sp³-hybridized carbons (Fsp3) is 0.692. The van der Waals surface area contributed by atoms with Crippen molar-refractivity contribution in [1.29, 1.82) is 0 Å². The van der Waals surface area contributed by atoms with Crippen molar-refractivity contribution in [2.24, 2.45) is 0 Å². The number of carbonyl (C=O) groups excluding carboxylic acids is 2. The van der Waals surface area contributed by atoms with Gasteiger partial charge < -0.3 is 35.5 Å². The standard InChI is InChI=1S/C13H27N3O8P2/c1-10(2)12(17)14-8-9-16-13(18)15-7-5-3-4-6-11(25(19)20)24-26(21,22)23/h11,19-20H,1,3-9H2,2H3,(H,14,17)(H2,15,16,18)(H2,21,22,23). The molecule has 0 aromatic heterocycles. The topological polar surface area (TPSA) is 177 Å². The fourth-order valence-corrected chi connectivity index (χ4v) is 3.30. The first kappa shape index (κ1) is 24.9. The predicted molar refractivity (Wildman–Crippen MR) is 96.0 cm³/mol. The summed E-state index contributed by atoms with van der Waals surface area (Å²) >= 11 is 0. The number of rotatable bonds is 13.